The van der Waals surface area contributed by atoms with Crippen LogP contribution in [0, 0.1) is 11.3 Å². The molecule has 6 heteroatoms. The molecule has 1 heterocycles. The highest BCUT2D eigenvalue weighted by atomic mass is 79.9. The molecule has 0 aliphatic carbocycles. The van der Waals surface area contributed by atoms with Gasteiger partial charge in [-0.1, -0.05) is 36.7 Å². The summed E-state index contributed by atoms with van der Waals surface area (Å²) in [6, 6.07) is 6.34. The molecule has 0 N–H and O–H groups in total. The van der Waals surface area contributed by atoms with Gasteiger partial charge in [0.2, 0.25) is 5.91 Å². The van der Waals surface area contributed by atoms with Crippen LogP contribution < -0.4 is 0 Å². The zero-order valence-corrected chi connectivity index (χ0v) is 14.2. The molecule has 2 rings (SSSR count). The molecule has 0 spiro atoms. The fraction of sp³-hybridized carbons (Fsp3) is 0.500. The largest absolute Gasteiger partial charge is 0.274 e. The first kappa shape index (κ1) is 15.5. The predicted molar refractivity (Wildman–Crippen MR) is 80.6 cm³/mol. The maximum absolute atomic E-state index is 12.5. The zero-order chi connectivity index (χ0) is 15.1. The SMILES string of the molecule is CC(C)(C)C1CC(=O)N(S(=O)(=O)c2ccc(Br)cc2)C1. The van der Waals surface area contributed by atoms with Crippen molar-refractivity contribution < 1.29 is 13.2 Å². The van der Waals surface area contributed by atoms with Gasteiger partial charge in [0.15, 0.2) is 0 Å². The van der Waals surface area contributed by atoms with Crippen molar-refractivity contribution in [3.8, 4) is 0 Å². The summed E-state index contributed by atoms with van der Waals surface area (Å²) in [6.07, 6.45) is 0.291. The minimum atomic E-state index is -3.73. The van der Waals surface area contributed by atoms with Crippen LogP contribution in [0.3, 0.4) is 0 Å². The van der Waals surface area contributed by atoms with Crippen molar-refractivity contribution in [2.24, 2.45) is 11.3 Å². The first-order chi connectivity index (χ1) is 9.12. The summed E-state index contributed by atoms with van der Waals surface area (Å²) < 4.78 is 26.9. The van der Waals surface area contributed by atoms with Crippen molar-refractivity contribution in [1.82, 2.24) is 4.31 Å². The van der Waals surface area contributed by atoms with Crippen LogP contribution in [0.4, 0.5) is 0 Å². The number of benzene rings is 1. The third-order valence-electron chi connectivity index (χ3n) is 3.71. The molecular weight excluding hydrogens is 342 g/mol. The standard InChI is InChI=1S/C14H18BrNO3S/c1-14(2,3)10-8-13(17)16(9-10)20(18,19)12-6-4-11(15)5-7-12/h4-7,10H,8-9H2,1-3H3. The van der Waals surface area contributed by atoms with E-state index < -0.39 is 10.0 Å². The van der Waals surface area contributed by atoms with Gasteiger partial charge >= 0.3 is 0 Å². The Balaban J connectivity index is 2.31. The molecule has 1 aromatic rings. The predicted octanol–water partition coefficient (Wildman–Crippen LogP) is 3.03. The Kier molecular flexibility index (Phi) is 3.99. The molecule has 1 fully saturated rings. The molecule has 1 amide bonds. The van der Waals surface area contributed by atoms with Gasteiger partial charge < -0.3 is 0 Å². The van der Waals surface area contributed by atoms with E-state index in [-0.39, 0.29) is 28.7 Å². The minimum absolute atomic E-state index is 0.0558. The van der Waals surface area contributed by atoms with Gasteiger partial charge in [-0.05, 0) is 35.6 Å². The van der Waals surface area contributed by atoms with E-state index in [4.69, 9.17) is 0 Å². The number of nitrogens with zero attached hydrogens (tertiary/aromatic N) is 1. The van der Waals surface area contributed by atoms with Crippen molar-refractivity contribution in [2.75, 3.05) is 6.54 Å². The van der Waals surface area contributed by atoms with Crippen LogP contribution in [0.2, 0.25) is 0 Å². The molecule has 1 saturated heterocycles. The fourth-order valence-electron chi connectivity index (χ4n) is 2.23. The van der Waals surface area contributed by atoms with Crippen LogP contribution in [0.25, 0.3) is 0 Å². The second kappa shape index (κ2) is 5.15. The molecule has 0 saturated carbocycles. The van der Waals surface area contributed by atoms with Crippen LogP contribution in [0.5, 0.6) is 0 Å². The van der Waals surface area contributed by atoms with Gasteiger partial charge in [-0.15, -0.1) is 0 Å². The molecule has 0 aromatic heterocycles. The summed E-state index contributed by atoms with van der Waals surface area (Å²) in [5, 5.41) is 0. The molecule has 110 valence electrons. The van der Waals surface area contributed by atoms with Crippen molar-refractivity contribution in [2.45, 2.75) is 32.1 Å². The van der Waals surface area contributed by atoms with Gasteiger partial charge in [-0.25, -0.2) is 12.7 Å². The van der Waals surface area contributed by atoms with Gasteiger partial charge in [0.25, 0.3) is 10.0 Å². The van der Waals surface area contributed by atoms with Gasteiger partial charge in [-0.3, -0.25) is 4.79 Å². The van der Waals surface area contributed by atoms with E-state index >= 15 is 0 Å². The van der Waals surface area contributed by atoms with E-state index in [0.29, 0.717) is 6.42 Å². The van der Waals surface area contributed by atoms with Gasteiger partial charge in [0.1, 0.15) is 0 Å². The Morgan fingerprint density at radius 2 is 1.75 bits per heavy atom. The summed E-state index contributed by atoms with van der Waals surface area (Å²) in [4.78, 5) is 12.2. The molecule has 1 aliphatic heterocycles. The third-order valence-corrected chi connectivity index (χ3v) is 6.04. The molecule has 20 heavy (non-hydrogen) atoms. The summed E-state index contributed by atoms with van der Waals surface area (Å²) in [7, 11) is -3.73. The van der Waals surface area contributed by atoms with Gasteiger partial charge in [-0.2, -0.15) is 0 Å². The third kappa shape index (κ3) is 2.91. The summed E-state index contributed by atoms with van der Waals surface area (Å²) in [5.41, 5.74) is -0.0837. The number of carbonyl (C=O) groups is 1. The van der Waals surface area contributed by atoms with Crippen LogP contribution in [-0.2, 0) is 14.8 Å². The quantitative estimate of drug-likeness (QED) is 0.815. The fourth-order valence-corrected chi connectivity index (χ4v) is 3.94. The first-order valence-corrected chi connectivity index (χ1v) is 8.67. The Morgan fingerprint density at radius 1 is 1.20 bits per heavy atom. The topological polar surface area (TPSA) is 54.5 Å². The summed E-state index contributed by atoms with van der Waals surface area (Å²) >= 11 is 3.27. The number of amides is 1. The lowest BCUT2D eigenvalue weighted by Crippen LogP contribution is -2.33. The summed E-state index contributed by atoms with van der Waals surface area (Å²) in [5.74, 6) is -0.256. The molecule has 1 unspecified atom stereocenters. The van der Waals surface area contributed by atoms with Crippen LogP contribution >= 0.6 is 15.9 Å². The van der Waals surface area contributed by atoms with E-state index in [2.05, 4.69) is 15.9 Å². The Bertz CT molecular complexity index is 617. The lowest BCUT2D eigenvalue weighted by atomic mass is 9.80. The van der Waals surface area contributed by atoms with Crippen LogP contribution in [0.15, 0.2) is 33.6 Å². The monoisotopic (exact) mass is 359 g/mol. The van der Waals surface area contributed by atoms with Crippen molar-refractivity contribution in [1.29, 1.82) is 0 Å². The second-order valence-corrected chi connectivity index (χ2v) is 8.93. The van der Waals surface area contributed by atoms with Crippen molar-refractivity contribution >= 4 is 31.9 Å². The Labute approximate surface area is 128 Å². The van der Waals surface area contributed by atoms with Gasteiger partial charge in [0.05, 0.1) is 4.90 Å². The highest BCUT2D eigenvalue weighted by molar-refractivity contribution is 9.10. The van der Waals surface area contributed by atoms with E-state index in [1.807, 2.05) is 20.8 Å². The normalized spacial score (nSPS) is 20.5. The molecule has 1 aromatic carbocycles. The number of carbonyl (C=O) groups excluding carboxylic acids is 1. The van der Waals surface area contributed by atoms with Crippen molar-refractivity contribution in [3.63, 3.8) is 0 Å². The molecule has 4 nitrogen and oxygen atoms in total. The number of hydrogen-bond donors (Lipinski definition) is 0. The zero-order valence-electron chi connectivity index (χ0n) is 11.8. The second-order valence-electron chi connectivity index (χ2n) is 6.15. The molecule has 1 atom stereocenters. The molecular formula is C14H18BrNO3S. The smallest absolute Gasteiger partial charge is 0.266 e. The highest BCUT2D eigenvalue weighted by Crippen LogP contribution is 2.36. The maximum Gasteiger partial charge on any atom is 0.266 e. The Hall–Kier alpha value is -0.880. The lowest BCUT2D eigenvalue weighted by Gasteiger charge is -2.26. The minimum Gasteiger partial charge on any atom is -0.274 e. The van der Waals surface area contributed by atoms with E-state index in [0.717, 1.165) is 8.78 Å². The number of hydrogen-bond acceptors (Lipinski definition) is 3. The average Bonchev–Trinajstić information content (AvgIpc) is 2.72. The van der Waals surface area contributed by atoms with Crippen LogP contribution in [0.1, 0.15) is 27.2 Å². The Morgan fingerprint density at radius 3 is 2.20 bits per heavy atom. The van der Waals surface area contributed by atoms with Crippen molar-refractivity contribution in [3.05, 3.63) is 28.7 Å². The summed E-state index contributed by atoms with van der Waals surface area (Å²) in [6.45, 7) is 6.35. The molecule has 1 aliphatic rings. The maximum atomic E-state index is 12.5. The molecule has 0 radical (unpaired) electrons. The number of halogens is 1. The van der Waals surface area contributed by atoms with Gasteiger partial charge in [0, 0.05) is 17.4 Å². The first-order valence-electron chi connectivity index (χ1n) is 6.43. The lowest BCUT2D eigenvalue weighted by molar-refractivity contribution is -0.123. The van der Waals surface area contributed by atoms with E-state index in [9.17, 15) is 13.2 Å². The van der Waals surface area contributed by atoms with Crippen LogP contribution in [-0.4, -0.2) is 25.2 Å². The average molecular weight is 360 g/mol. The van der Waals surface area contributed by atoms with E-state index in [1.165, 1.54) is 12.1 Å². The number of sulfonamides is 1. The van der Waals surface area contributed by atoms with E-state index in [1.54, 1.807) is 12.1 Å². The highest BCUT2D eigenvalue weighted by Gasteiger charge is 2.42. The number of rotatable bonds is 2. The molecule has 0 bridgehead atoms.